The topological polar surface area (TPSA) is 195 Å². The standard InChI is InChI=1S/C43H47F2N9O6/c1-24(2)36(51-42(57)59-5)40(55)53-22-28(19-46)17-34(53)38-47-20-32(49-38)29-13-9-26(10-14-29)7-8-27-11-15-30(16-12-27)33-21-48-39(50-33)35-18-31(44)23-54(35,45)41(56)37(25(3)4)52-43(58)60-6/h9-16,20-21,24-25,28,31,34-37H,17-18,22-23H2,1-6H3,(H3-,47,48,49,50,51,52,57,58)/p+1. The largest absolute Gasteiger partial charge is 0.453 e. The summed E-state index contributed by atoms with van der Waals surface area (Å²) >= 11 is 0. The number of nitrogens with zero attached hydrogens (tertiary/aromatic N) is 5. The number of likely N-dealkylation sites (tertiary alicyclic amines) is 2. The first-order valence-electron chi connectivity index (χ1n) is 19.6. The van der Waals surface area contributed by atoms with E-state index in [1.54, 1.807) is 24.9 Å². The van der Waals surface area contributed by atoms with Gasteiger partial charge in [-0.05, 0) is 53.6 Å². The molecule has 314 valence electrons. The Kier molecular flexibility index (Phi) is 13.0. The fourth-order valence-corrected chi connectivity index (χ4v) is 7.61. The Morgan fingerprint density at radius 3 is 1.82 bits per heavy atom. The number of H-pyrrole nitrogens is 2. The minimum Gasteiger partial charge on any atom is -0.453 e. The molecule has 0 spiro atoms. The number of amides is 4. The summed E-state index contributed by atoms with van der Waals surface area (Å²) in [5.41, 5.74) is 4.32. The van der Waals surface area contributed by atoms with E-state index in [2.05, 4.69) is 53.2 Å². The van der Waals surface area contributed by atoms with E-state index in [1.165, 1.54) is 13.3 Å². The van der Waals surface area contributed by atoms with Crippen molar-refractivity contribution in [1.82, 2.24) is 35.5 Å². The molecule has 17 heteroatoms. The molecule has 2 fully saturated rings. The molecular formula is C43H48F2N9O6+. The van der Waals surface area contributed by atoms with Crippen molar-refractivity contribution >= 4 is 24.0 Å². The second-order valence-corrected chi connectivity index (χ2v) is 15.7. The number of alkyl halides is 1. The Labute approximate surface area is 346 Å². The zero-order chi connectivity index (χ0) is 43.3. The van der Waals surface area contributed by atoms with E-state index in [4.69, 9.17) is 4.74 Å². The number of hydrogen-bond acceptors (Lipinski definition) is 9. The first kappa shape index (κ1) is 43.0. The first-order valence-corrected chi connectivity index (χ1v) is 19.6. The molecule has 4 aromatic rings. The van der Waals surface area contributed by atoms with Crippen LogP contribution in [0.1, 0.15) is 75.4 Å². The van der Waals surface area contributed by atoms with Crippen molar-refractivity contribution in [1.29, 1.82) is 5.26 Å². The molecule has 2 aliphatic heterocycles. The lowest BCUT2D eigenvalue weighted by atomic mass is 10.0. The van der Waals surface area contributed by atoms with Gasteiger partial charge in [-0.1, -0.05) is 68.5 Å². The van der Waals surface area contributed by atoms with Gasteiger partial charge in [-0.3, -0.25) is 4.79 Å². The number of alkyl carbamates (subject to hydrolysis) is 2. The van der Waals surface area contributed by atoms with Crippen LogP contribution in [-0.2, 0) is 19.1 Å². The molecule has 0 aliphatic carbocycles. The number of ether oxygens (including phenoxy) is 2. The molecular weight excluding hydrogens is 777 g/mol. The summed E-state index contributed by atoms with van der Waals surface area (Å²) in [6.07, 6.45) is 0.135. The van der Waals surface area contributed by atoms with Gasteiger partial charge < -0.3 is 35.0 Å². The highest BCUT2D eigenvalue weighted by atomic mass is 19.2. The van der Waals surface area contributed by atoms with Gasteiger partial charge in [0.05, 0.1) is 56.0 Å². The Bertz CT molecular complexity index is 2310. The molecule has 4 heterocycles. The zero-order valence-corrected chi connectivity index (χ0v) is 34.2. The number of aromatic nitrogens is 4. The van der Waals surface area contributed by atoms with Crippen molar-refractivity contribution in [3.63, 3.8) is 0 Å². The highest BCUT2D eigenvalue weighted by Gasteiger charge is 2.59. The predicted molar refractivity (Wildman–Crippen MR) is 214 cm³/mol. The van der Waals surface area contributed by atoms with E-state index in [0.29, 0.717) is 17.9 Å². The molecule has 2 aromatic carbocycles. The normalized spacial score (nSPS) is 22.1. The van der Waals surface area contributed by atoms with Crippen LogP contribution in [0.2, 0.25) is 0 Å². The minimum absolute atomic E-state index is 0.119. The number of nitriles is 1. The SMILES string of the molecule is COC(=O)NC(C(=O)N1CC(C#N)CC1c1ncc(-c2ccc(C#Cc3ccc(-c4cnc(C5CC(F)C[N+]5(F)C(=O)C(NC(=O)OC)C(C)C)[nH]4)cc3)cc2)[nH]1)C(C)C. The van der Waals surface area contributed by atoms with Crippen LogP contribution in [0, 0.1) is 40.9 Å². The monoisotopic (exact) mass is 824 g/mol. The minimum atomic E-state index is -1.75. The van der Waals surface area contributed by atoms with Crippen LogP contribution in [-0.4, -0.2) is 99.1 Å². The Morgan fingerprint density at radius 2 is 1.32 bits per heavy atom. The number of carbonyl (C=O) groups excluding carboxylic acids is 4. The number of quaternary nitrogens is 1. The van der Waals surface area contributed by atoms with Crippen molar-refractivity contribution in [3.05, 3.63) is 83.7 Å². The quantitative estimate of drug-likeness (QED) is 0.109. The molecule has 6 rings (SSSR count). The highest BCUT2D eigenvalue weighted by Crippen LogP contribution is 2.42. The van der Waals surface area contributed by atoms with Crippen molar-refractivity contribution < 1.29 is 42.2 Å². The van der Waals surface area contributed by atoms with E-state index in [1.807, 2.05) is 62.4 Å². The van der Waals surface area contributed by atoms with Crippen LogP contribution >= 0.6 is 0 Å². The third kappa shape index (κ3) is 9.16. The summed E-state index contributed by atoms with van der Waals surface area (Å²) in [7, 11) is 2.37. The van der Waals surface area contributed by atoms with Gasteiger partial charge in [0.1, 0.15) is 11.9 Å². The smallest absolute Gasteiger partial charge is 0.407 e. The highest BCUT2D eigenvalue weighted by molar-refractivity contribution is 5.86. The maximum atomic E-state index is 16.5. The third-order valence-electron chi connectivity index (χ3n) is 10.9. The number of benzene rings is 2. The lowest BCUT2D eigenvalue weighted by Gasteiger charge is -2.29. The van der Waals surface area contributed by atoms with E-state index >= 15 is 4.48 Å². The Hall–Kier alpha value is -6.59. The van der Waals surface area contributed by atoms with Gasteiger partial charge >= 0.3 is 18.1 Å². The van der Waals surface area contributed by atoms with Crippen LogP contribution in [0.3, 0.4) is 0 Å². The molecule has 60 heavy (non-hydrogen) atoms. The Balaban J connectivity index is 1.12. The fourth-order valence-electron chi connectivity index (χ4n) is 7.61. The van der Waals surface area contributed by atoms with E-state index < -0.39 is 71.5 Å². The first-order chi connectivity index (χ1) is 28.6. The maximum Gasteiger partial charge on any atom is 0.407 e. The second kappa shape index (κ2) is 18.1. The summed E-state index contributed by atoms with van der Waals surface area (Å²) in [6, 6.07) is 13.3. The molecule has 0 radical (unpaired) electrons. The average Bonchev–Trinajstić information content (AvgIpc) is 4.07. The molecule has 0 saturated carbocycles. The van der Waals surface area contributed by atoms with Gasteiger partial charge in [-0.2, -0.15) is 5.26 Å². The summed E-state index contributed by atoms with van der Waals surface area (Å²) in [5, 5.41) is 14.7. The van der Waals surface area contributed by atoms with Crippen molar-refractivity contribution in [2.24, 2.45) is 17.8 Å². The summed E-state index contributed by atoms with van der Waals surface area (Å²) in [6.45, 7) is 6.47. The lowest BCUT2D eigenvalue weighted by molar-refractivity contribution is -1.01. The number of methoxy groups -OCH3 is 2. The molecule has 7 atom stereocenters. The summed E-state index contributed by atoms with van der Waals surface area (Å²) in [5.74, 6) is 4.58. The van der Waals surface area contributed by atoms with E-state index in [-0.39, 0.29) is 30.6 Å². The summed E-state index contributed by atoms with van der Waals surface area (Å²) < 4.78 is 38.8. The molecule has 2 aromatic heterocycles. The molecule has 4 N–H and O–H groups in total. The van der Waals surface area contributed by atoms with Crippen LogP contribution in [0.25, 0.3) is 22.5 Å². The van der Waals surface area contributed by atoms with Crippen LogP contribution in [0.5, 0.6) is 0 Å². The number of imidazole rings is 2. The average molecular weight is 825 g/mol. The second-order valence-electron chi connectivity index (χ2n) is 15.7. The van der Waals surface area contributed by atoms with Crippen molar-refractivity contribution in [2.45, 2.75) is 70.9 Å². The molecule has 2 saturated heterocycles. The number of aromatic amines is 2. The number of rotatable bonds is 10. The fraction of sp³-hybridized carbons (Fsp3) is 0.419. The molecule has 0 bridgehead atoms. The Morgan fingerprint density at radius 1 is 0.817 bits per heavy atom. The number of hydrogen-bond donors (Lipinski definition) is 4. The van der Waals surface area contributed by atoms with Gasteiger partial charge in [-0.15, -0.1) is 0 Å². The van der Waals surface area contributed by atoms with Crippen molar-refractivity contribution in [2.75, 3.05) is 27.3 Å². The lowest BCUT2D eigenvalue weighted by Crippen LogP contribution is -2.57. The summed E-state index contributed by atoms with van der Waals surface area (Å²) in [4.78, 5) is 67.9. The molecule has 2 aliphatic rings. The van der Waals surface area contributed by atoms with Crippen LogP contribution in [0.4, 0.5) is 18.5 Å². The van der Waals surface area contributed by atoms with E-state index in [9.17, 15) is 28.8 Å². The zero-order valence-electron chi connectivity index (χ0n) is 34.2. The number of carbonyl (C=O) groups is 4. The maximum absolute atomic E-state index is 16.5. The van der Waals surface area contributed by atoms with Gasteiger partial charge in [0.15, 0.2) is 30.6 Å². The van der Waals surface area contributed by atoms with Crippen LogP contribution < -0.4 is 10.6 Å². The van der Waals surface area contributed by atoms with Crippen molar-refractivity contribution in [3.8, 4) is 40.4 Å². The third-order valence-corrected chi connectivity index (χ3v) is 10.9. The van der Waals surface area contributed by atoms with Gasteiger partial charge in [0, 0.05) is 28.6 Å². The molecule has 15 nitrogen and oxygen atoms in total. The van der Waals surface area contributed by atoms with Gasteiger partial charge in [0.25, 0.3) is 0 Å². The van der Waals surface area contributed by atoms with Gasteiger partial charge in [-0.25, -0.2) is 28.7 Å². The number of nitrogens with one attached hydrogen (secondary N) is 4. The van der Waals surface area contributed by atoms with Gasteiger partial charge in [0.2, 0.25) is 5.91 Å². The molecule has 7 unspecified atom stereocenters. The van der Waals surface area contributed by atoms with E-state index in [0.717, 1.165) is 35.1 Å². The molecule has 4 amide bonds. The number of halogens is 2. The predicted octanol–water partition coefficient (Wildman–Crippen LogP) is 6.05. The van der Waals surface area contributed by atoms with Crippen LogP contribution in [0.15, 0.2) is 60.9 Å².